The number of rotatable bonds is 9. The average Bonchev–Trinajstić information content (AvgIpc) is 3.68. The highest BCUT2D eigenvalue weighted by molar-refractivity contribution is 5.96. The molecule has 0 spiro atoms. The summed E-state index contributed by atoms with van der Waals surface area (Å²) < 4.78 is 12.0. The van der Waals surface area contributed by atoms with Crippen LogP contribution in [0.2, 0.25) is 0 Å². The Morgan fingerprint density at radius 1 is 0.897 bits per heavy atom. The summed E-state index contributed by atoms with van der Waals surface area (Å²) in [7, 11) is 2.96. The first-order chi connectivity index (χ1) is 27.3. The van der Waals surface area contributed by atoms with Crippen LogP contribution in [-0.2, 0) is 49.5 Å². The molecule has 2 N–H and O–H groups in total. The number of fused-ring (bicyclic) bond motifs is 1. The first-order valence-electron chi connectivity index (χ1n) is 20.6. The maximum absolute atomic E-state index is 14.4. The molecule has 0 saturated carbocycles. The number of nitrogens with one attached hydrogen (secondary N) is 2. The van der Waals surface area contributed by atoms with Crippen LogP contribution in [0.5, 0.6) is 0 Å². The van der Waals surface area contributed by atoms with E-state index in [-0.39, 0.29) is 19.4 Å². The summed E-state index contributed by atoms with van der Waals surface area (Å²) in [6.07, 6.45) is 5.66. The summed E-state index contributed by atoms with van der Waals surface area (Å²) >= 11 is 0. The summed E-state index contributed by atoms with van der Waals surface area (Å²) in [5.74, 6) is -3.14. The van der Waals surface area contributed by atoms with E-state index in [2.05, 4.69) is 16.6 Å². The Kier molecular flexibility index (Phi) is 17.3. The third kappa shape index (κ3) is 11.6. The number of ether oxygens (including phenoxy) is 2. The van der Waals surface area contributed by atoms with E-state index in [1.807, 2.05) is 37.3 Å². The summed E-state index contributed by atoms with van der Waals surface area (Å²) in [4.78, 5) is 103. The quantitative estimate of drug-likeness (QED) is 0.215. The number of hydrogen-bond donors (Lipinski definition) is 2. The normalized spacial score (nSPS) is 26.5. The van der Waals surface area contributed by atoms with Gasteiger partial charge in [-0.25, -0.2) is 4.79 Å². The highest BCUT2D eigenvalue weighted by Gasteiger charge is 2.46. The standard InChI is InChI=1S/C44H65N5O9/c1-12-14-16-23-33-44(8,9)43(56)46-35(27(3)4)40(53)48(11)36(28(5)6)42(55)58-37(29(7)13-2)41(54)49-24-19-22-31(49)39(52)47(10)32(25-30-20-17-15-18-21-30)38(51)45-26-34(50)57-33/h1,15,17-18,20-21,27-29,31-33,35-37H,13-14,16,19,22-26H2,2-11H3,(H,45,51)(H,46,56)/t29-,31-,32-,33-,35-,36-,37+/m0/s1. The molecule has 1 aromatic rings. The van der Waals surface area contributed by atoms with Crippen molar-refractivity contribution < 1.29 is 43.0 Å². The number of terminal acetylenes is 1. The molecule has 2 saturated heterocycles. The molecule has 1 aromatic carbocycles. The summed E-state index contributed by atoms with van der Waals surface area (Å²) in [6, 6.07) is 4.87. The van der Waals surface area contributed by atoms with Crippen LogP contribution in [-0.4, -0.2) is 120 Å². The molecule has 2 heterocycles. The monoisotopic (exact) mass is 807 g/mol. The van der Waals surface area contributed by atoms with Crippen LogP contribution in [0.1, 0.15) is 99.5 Å². The number of nitrogens with zero attached hydrogens (tertiary/aromatic N) is 3. The van der Waals surface area contributed by atoms with E-state index < -0.39 is 108 Å². The van der Waals surface area contributed by atoms with Gasteiger partial charge >= 0.3 is 11.9 Å². The minimum Gasteiger partial charge on any atom is -0.460 e. The molecule has 7 atom stereocenters. The van der Waals surface area contributed by atoms with Gasteiger partial charge in [0.1, 0.15) is 36.8 Å². The Balaban J connectivity index is 2.16. The first-order valence-corrected chi connectivity index (χ1v) is 20.6. The third-order valence-corrected chi connectivity index (χ3v) is 11.6. The van der Waals surface area contributed by atoms with Crippen LogP contribution >= 0.6 is 0 Å². The lowest BCUT2D eigenvalue weighted by atomic mass is 9.82. The molecule has 2 aliphatic rings. The fourth-order valence-corrected chi connectivity index (χ4v) is 7.56. The number of hydrogen-bond acceptors (Lipinski definition) is 9. The molecule has 320 valence electrons. The topological polar surface area (TPSA) is 172 Å². The molecule has 0 aromatic heterocycles. The molecular weight excluding hydrogens is 743 g/mol. The van der Waals surface area contributed by atoms with E-state index >= 15 is 0 Å². The van der Waals surface area contributed by atoms with Gasteiger partial charge in [-0.3, -0.25) is 28.8 Å². The van der Waals surface area contributed by atoms with Crippen molar-refractivity contribution in [2.24, 2.45) is 23.2 Å². The molecule has 2 aliphatic heterocycles. The fraction of sp³-hybridized carbons (Fsp3) is 0.659. The predicted molar refractivity (Wildman–Crippen MR) is 218 cm³/mol. The van der Waals surface area contributed by atoms with Crippen LogP contribution in [0.4, 0.5) is 0 Å². The second kappa shape index (κ2) is 21.2. The van der Waals surface area contributed by atoms with Gasteiger partial charge in [0.05, 0.1) is 5.41 Å². The number of unbranched alkanes of at least 4 members (excludes halogenated alkanes) is 1. The maximum atomic E-state index is 14.4. The molecule has 58 heavy (non-hydrogen) atoms. The largest absolute Gasteiger partial charge is 0.460 e. The number of likely N-dealkylation sites (N-methyl/N-ethyl adjacent to an activating group) is 2. The van der Waals surface area contributed by atoms with Crippen LogP contribution < -0.4 is 10.6 Å². The summed E-state index contributed by atoms with van der Waals surface area (Å²) in [6.45, 7) is 13.6. The predicted octanol–water partition coefficient (Wildman–Crippen LogP) is 3.50. The van der Waals surface area contributed by atoms with Gasteiger partial charge in [-0.05, 0) is 63.4 Å². The Hall–Kier alpha value is -4.93. The van der Waals surface area contributed by atoms with Gasteiger partial charge in [0, 0.05) is 39.4 Å². The van der Waals surface area contributed by atoms with Crippen molar-refractivity contribution in [2.75, 3.05) is 27.2 Å². The number of esters is 2. The average molecular weight is 808 g/mol. The third-order valence-electron chi connectivity index (χ3n) is 11.6. The van der Waals surface area contributed by atoms with E-state index in [0.717, 1.165) is 5.56 Å². The molecule has 2 fully saturated rings. The van der Waals surface area contributed by atoms with Crippen LogP contribution in [0.3, 0.4) is 0 Å². The van der Waals surface area contributed by atoms with E-state index in [9.17, 15) is 33.6 Å². The maximum Gasteiger partial charge on any atom is 0.329 e. The number of benzene rings is 1. The molecule has 0 radical (unpaired) electrons. The smallest absolute Gasteiger partial charge is 0.329 e. The minimum absolute atomic E-state index is 0.111. The zero-order valence-electron chi connectivity index (χ0n) is 36.0. The first kappa shape index (κ1) is 47.4. The number of amides is 5. The van der Waals surface area contributed by atoms with Crippen molar-refractivity contribution in [2.45, 2.75) is 137 Å². The van der Waals surface area contributed by atoms with Gasteiger partial charge in [0.15, 0.2) is 6.10 Å². The Morgan fingerprint density at radius 3 is 2.14 bits per heavy atom. The molecule has 0 unspecified atom stereocenters. The van der Waals surface area contributed by atoms with Crippen molar-refractivity contribution in [3.8, 4) is 12.3 Å². The SMILES string of the molecule is C#CCCC[C@@H]1OC(=O)CNC(=O)[C@H](Cc2ccccc2)N(C)C(=O)[C@@H]2CCCN2C(=O)[C@@H]([C@@H](C)CC)OC(=O)[C@H](C(C)C)N(C)C(=O)[C@H](C(C)C)NC(=O)C1(C)C. The molecular formula is C44H65N5O9. The molecule has 0 bridgehead atoms. The molecule has 5 amide bonds. The van der Waals surface area contributed by atoms with Crippen molar-refractivity contribution in [1.29, 1.82) is 0 Å². The summed E-state index contributed by atoms with van der Waals surface area (Å²) in [5.41, 5.74) is -0.619. The van der Waals surface area contributed by atoms with Gasteiger partial charge in [-0.15, -0.1) is 12.3 Å². The zero-order chi connectivity index (χ0) is 43.5. The number of carbonyl (C=O) groups is 7. The van der Waals surface area contributed by atoms with E-state index in [0.29, 0.717) is 32.1 Å². The van der Waals surface area contributed by atoms with E-state index in [1.54, 1.807) is 48.5 Å². The van der Waals surface area contributed by atoms with E-state index in [4.69, 9.17) is 15.9 Å². The van der Waals surface area contributed by atoms with Gasteiger partial charge in [-0.1, -0.05) is 71.9 Å². The second-order valence-electron chi connectivity index (χ2n) is 16.9. The highest BCUT2D eigenvalue weighted by Crippen LogP contribution is 2.30. The van der Waals surface area contributed by atoms with Crippen molar-refractivity contribution in [1.82, 2.24) is 25.3 Å². The summed E-state index contributed by atoms with van der Waals surface area (Å²) in [5, 5.41) is 5.50. The van der Waals surface area contributed by atoms with Crippen molar-refractivity contribution in [3.63, 3.8) is 0 Å². The van der Waals surface area contributed by atoms with Gasteiger partial charge in [0.25, 0.3) is 5.91 Å². The van der Waals surface area contributed by atoms with Crippen molar-refractivity contribution in [3.05, 3.63) is 35.9 Å². The van der Waals surface area contributed by atoms with Gasteiger partial charge in [-0.2, -0.15) is 0 Å². The second-order valence-corrected chi connectivity index (χ2v) is 16.9. The molecule has 14 nitrogen and oxygen atoms in total. The lowest BCUT2D eigenvalue weighted by Crippen LogP contribution is -2.59. The zero-order valence-corrected chi connectivity index (χ0v) is 36.0. The molecule has 0 aliphatic carbocycles. The number of cyclic esters (lactones) is 2. The highest BCUT2D eigenvalue weighted by atomic mass is 16.6. The number of carbonyl (C=O) groups excluding carboxylic acids is 7. The Morgan fingerprint density at radius 2 is 1.55 bits per heavy atom. The van der Waals surface area contributed by atoms with Crippen LogP contribution in [0, 0.1) is 35.5 Å². The molecule has 14 heteroatoms. The molecule has 3 rings (SSSR count). The Labute approximate surface area is 344 Å². The van der Waals surface area contributed by atoms with Gasteiger partial charge in [0.2, 0.25) is 23.6 Å². The van der Waals surface area contributed by atoms with Gasteiger partial charge < -0.3 is 34.8 Å². The van der Waals surface area contributed by atoms with Crippen LogP contribution in [0.15, 0.2) is 30.3 Å². The Bertz CT molecular complexity index is 1670. The fourth-order valence-electron chi connectivity index (χ4n) is 7.56. The van der Waals surface area contributed by atoms with Crippen LogP contribution in [0.25, 0.3) is 0 Å². The van der Waals surface area contributed by atoms with Crippen molar-refractivity contribution >= 4 is 41.5 Å². The van der Waals surface area contributed by atoms with E-state index in [1.165, 1.54) is 28.8 Å². The lowest BCUT2D eigenvalue weighted by Gasteiger charge is -2.38. The minimum atomic E-state index is -1.38. The lowest BCUT2D eigenvalue weighted by molar-refractivity contribution is -0.172.